The molecule has 1 aromatic rings. The van der Waals surface area contributed by atoms with Gasteiger partial charge in [0, 0.05) is 13.1 Å². The quantitative estimate of drug-likeness (QED) is 0.621. The van der Waals surface area contributed by atoms with E-state index in [1.54, 1.807) is 6.08 Å². The number of aliphatic imine (C=N–C) groups is 1. The fraction of sp³-hybridized carbons (Fsp3) is 0.562. The summed E-state index contributed by atoms with van der Waals surface area (Å²) in [6.45, 7) is 2.16. The van der Waals surface area contributed by atoms with Crippen molar-refractivity contribution in [3.8, 4) is 0 Å². The molecule has 3 rings (SSSR count). The molecule has 0 atom stereocenters. The topological polar surface area (TPSA) is 32.7 Å². The van der Waals surface area contributed by atoms with E-state index in [1.165, 1.54) is 12.8 Å². The molecule has 106 valence electrons. The lowest BCUT2D eigenvalue weighted by molar-refractivity contribution is 0.456. The first kappa shape index (κ1) is 13.7. The van der Waals surface area contributed by atoms with Crippen LogP contribution in [0.25, 0.3) is 0 Å². The van der Waals surface area contributed by atoms with E-state index in [2.05, 4.69) is 22.0 Å². The predicted octanol–water partition coefficient (Wildman–Crippen LogP) is 4.05. The number of carbonyl (C=O) groups excluding carboxylic acids is 1. The number of rotatable bonds is 3. The zero-order valence-corrected chi connectivity index (χ0v) is 12.3. The van der Waals surface area contributed by atoms with Crippen molar-refractivity contribution < 1.29 is 4.79 Å². The molecule has 4 heteroatoms. The van der Waals surface area contributed by atoms with Gasteiger partial charge < -0.3 is 4.90 Å². The lowest BCUT2D eigenvalue weighted by atomic mass is 9.89. The van der Waals surface area contributed by atoms with Crippen LogP contribution in [0.4, 0.5) is 5.69 Å². The highest BCUT2D eigenvalue weighted by Gasteiger charge is 2.36. The maximum absolute atomic E-state index is 10.8. The van der Waals surface area contributed by atoms with E-state index in [1.807, 2.05) is 6.07 Å². The predicted molar refractivity (Wildman–Crippen MR) is 81.2 cm³/mol. The number of hydrogen-bond acceptors (Lipinski definition) is 3. The number of anilines is 1. The van der Waals surface area contributed by atoms with Gasteiger partial charge in [-0.1, -0.05) is 30.5 Å². The summed E-state index contributed by atoms with van der Waals surface area (Å²) in [7, 11) is 0. The van der Waals surface area contributed by atoms with E-state index in [9.17, 15) is 4.79 Å². The number of nitrogens with zero attached hydrogens (tertiary/aromatic N) is 2. The Kier molecular flexibility index (Phi) is 3.82. The van der Waals surface area contributed by atoms with Crippen molar-refractivity contribution >= 4 is 23.4 Å². The first-order chi connectivity index (χ1) is 9.75. The van der Waals surface area contributed by atoms with Crippen LogP contribution >= 0.6 is 11.6 Å². The fourth-order valence-electron chi connectivity index (χ4n) is 3.52. The summed E-state index contributed by atoms with van der Waals surface area (Å²) in [5, 5.41) is 0.775. The molecule has 1 aliphatic heterocycles. The van der Waals surface area contributed by atoms with Gasteiger partial charge in [0.1, 0.15) is 0 Å². The van der Waals surface area contributed by atoms with E-state index >= 15 is 0 Å². The average molecular weight is 291 g/mol. The van der Waals surface area contributed by atoms with E-state index in [0.29, 0.717) is 0 Å². The van der Waals surface area contributed by atoms with Crippen LogP contribution in [0.2, 0.25) is 5.02 Å². The molecule has 3 nitrogen and oxygen atoms in total. The Morgan fingerprint density at radius 1 is 1.15 bits per heavy atom. The summed E-state index contributed by atoms with van der Waals surface area (Å²) in [5.41, 5.74) is 1.79. The van der Waals surface area contributed by atoms with Gasteiger partial charge in [0.2, 0.25) is 6.08 Å². The molecular formula is C16H19ClN2O. The molecule has 0 radical (unpaired) electrons. The molecule has 20 heavy (non-hydrogen) atoms. The second kappa shape index (κ2) is 5.59. The molecule has 0 N–H and O–H groups in total. The van der Waals surface area contributed by atoms with E-state index in [0.717, 1.165) is 55.0 Å². The molecule has 1 aromatic carbocycles. The molecule has 1 aliphatic carbocycles. The van der Waals surface area contributed by atoms with Crippen LogP contribution in [0.15, 0.2) is 23.2 Å². The van der Waals surface area contributed by atoms with Gasteiger partial charge in [-0.25, -0.2) is 4.79 Å². The summed E-state index contributed by atoms with van der Waals surface area (Å²) in [4.78, 5) is 17.2. The number of hydrogen-bond donors (Lipinski definition) is 0. The molecular weight excluding hydrogens is 272 g/mol. The van der Waals surface area contributed by atoms with Crippen LogP contribution in [0, 0.1) is 0 Å². The highest BCUT2D eigenvalue weighted by Crippen LogP contribution is 2.44. The molecule has 1 saturated heterocycles. The molecule has 0 amide bonds. The summed E-state index contributed by atoms with van der Waals surface area (Å²) in [5.74, 6) is 0. The van der Waals surface area contributed by atoms with Crippen LogP contribution < -0.4 is 4.90 Å². The van der Waals surface area contributed by atoms with Crippen molar-refractivity contribution in [3.63, 3.8) is 0 Å². The van der Waals surface area contributed by atoms with Gasteiger partial charge in [-0.3, -0.25) is 0 Å². The van der Waals surface area contributed by atoms with Crippen LogP contribution in [0.3, 0.4) is 0 Å². The Balaban J connectivity index is 1.94. The summed E-state index contributed by atoms with van der Waals surface area (Å²) >= 11 is 6.47. The van der Waals surface area contributed by atoms with Gasteiger partial charge in [0.25, 0.3) is 0 Å². The monoisotopic (exact) mass is 290 g/mol. The summed E-state index contributed by atoms with van der Waals surface area (Å²) in [6.07, 6.45) is 8.28. The third kappa shape index (κ3) is 2.36. The molecule has 0 spiro atoms. The van der Waals surface area contributed by atoms with Crippen LogP contribution in [-0.4, -0.2) is 19.2 Å². The van der Waals surface area contributed by atoms with E-state index in [-0.39, 0.29) is 5.54 Å². The van der Waals surface area contributed by atoms with Crippen LogP contribution in [0.5, 0.6) is 0 Å². The first-order valence-electron chi connectivity index (χ1n) is 7.39. The highest BCUT2D eigenvalue weighted by molar-refractivity contribution is 6.33. The maximum atomic E-state index is 10.8. The minimum atomic E-state index is -0.380. The smallest absolute Gasteiger partial charge is 0.235 e. The molecule has 0 unspecified atom stereocenters. The van der Waals surface area contributed by atoms with Crippen LogP contribution in [-0.2, 0) is 10.3 Å². The Bertz CT molecular complexity index is 539. The Hall–Kier alpha value is -1.31. The molecule has 2 aliphatic rings. The van der Waals surface area contributed by atoms with Crippen molar-refractivity contribution in [3.05, 3.63) is 28.8 Å². The Morgan fingerprint density at radius 2 is 1.85 bits per heavy atom. The first-order valence-corrected chi connectivity index (χ1v) is 7.77. The lowest BCUT2D eigenvalue weighted by Crippen LogP contribution is -2.21. The summed E-state index contributed by atoms with van der Waals surface area (Å²) in [6, 6.07) is 6.18. The molecule has 1 saturated carbocycles. The van der Waals surface area contributed by atoms with Gasteiger partial charge in [-0.2, -0.15) is 4.99 Å². The van der Waals surface area contributed by atoms with E-state index < -0.39 is 0 Å². The third-order valence-corrected chi connectivity index (χ3v) is 4.92. The largest absolute Gasteiger partial charge is 0.370 e. The second-order valence-corrected chi connectivity index (χ2v) is 6.21. The Labute approximate surface area is 124 Å². The van der Waals surface area contributed by atoms with Gasteiger partial charge >= 0.3 is 0 Å². The zero-order chi connectivity index (χ0) is 14.0. The highest BCUT2D eigenvalue weighted by atomic mass is 35.5. The van der Waals surface area contributed by atoms with Crippen molar-refractivity contribution in [2.75, 3.05) is 18.0 Å². The average Bonchev–Trinajstić information content (AvgIpc) is 3.10. The maximum Gasteiger partial charge on any atom is 0.235 e. The number of benzene rings is 1. The lowest BCUT2D eigenvalue weighted by Gasteiger charge is -2.25. The molecule has 2 fully saturated rings. The normalized spacial score (nSPS) is 20.9. The van der Waals surface area contributed by atoms with Crippen molar-refractivity contribution in [2.45, 2.75) is 44.1 Å². The fourth-order valence-corrected chi connectivity index (χ4v) is 3.82. The summed E-state index contributed by atoms with van der Waals surface area (Å²) < 4.78 is 0. The SMILES string of the molecule is O=C=NC1(c2ccc(N3CCCC3)c(Cl)c2)CCCC1. The van der Waals surface area contributed by atoms with Crippen molar-refractivity contribution in [2.24, 2.45) is 4.99 Å². The number of isocyanates is 1. The molecule has 0 bridgehead atoms. The molecule has 0 aromatic heterocycles. The van der Waals surface area contributed by atoms with Gasteiger partial charge in [-0.05, 0) is 43.4 Å². The Morgan fingerprint density at radius 3 is 2.45 bits per heavy atom. The van der Waals surface area contributed by atoms with Crippen molar-refractivity contribution in [1.29, 1.82) is 0 Å². The third-order valence-electron chi connectivity index (χ3n) is 4.62. The molecule has 1 heterocycles. The minimum Gasteiger partial charge on any atom is -0.370 e. The van der Waals surface area contributed by atoms with Gasteiger partial charge in [0.05, 0.1) is 16.2 Å². The zero-order valence-electron chi connectivity index (χ0n) is 11.6. The number of halogens is 1. The van der Waals surface area contributed by atoms with Crippen molar-refractivity contribution in [1.82, 2.24) is 0 Å². The van der Waals surface area contributed by atoms with Gasteiger partial charge in [0.15, 0.2) is 0 Å². The standard InChI is InChI=1S/C16H19ClN2O/c17-14-11-13(16(18-12-20)7-1-2-8-16)5-6-15(14)19-9-3-4-10-19/h5-6,11H,1-4,7-10H2. The van der Waals surface area contributed by atoms with E-state index in [4.69, 9.17) is 11.6 Å². The second-order valence-electron chi connectivity index (χ2n) is 5.80. The minimum absolute atomic E-state index is 0.380. The van der Waals surface area contributed by atoms with Gasteiger partial charge in [-0.15, -0.1) is 0 Å². The van der Waals surface area contributed by atoms with Crippen LogP contribution in [0.1, 0.15) is 44.1 Å².